The maximum Gasteiger partial charge on any atom is 0.417 e. The molecule has 4 rings (SSSR count). The van der Waals surface area contributed by atoms with Gasteiger partial charge < -0.3 is 43.3 Å². The maximum atomic E-state index is 11.8. The van der Waals surface area contributed by atoms with Crippen LogP contribution in [0, 0.1) is 5.92 Å². The highest BCUT2D eigenvalue weighted by Crippen LogP contribution is 2.24. The van der Waals surface area contributed by atoms with Gasteiger partial charge in [-0.25, -0.2) is 19.3 Å². The first-order valence-electron chi connectivity index (χ1n) is 22.2. The van der Waals surface area contributed by atoms with Crippen molar-refractivity contribution in [2.45, 2.75) is 187 Å². The van der Waals surface area contributed by atoms with Gasteiger partial charge >= 0.3 is 41.9 Å². The van der Waals surface area contributed by atoms with Crippen LogP contribution in [-0.2, 0) is 71.5 Å². The number of esters is 6. The first-order chi connectivity index (χ1) is 30.5. The predicted molar refractivity (Wildman–Crippen MR) is 242 cm³/mol. The number of methoxy groups -OCH3 is 5. The van der Waals surface area contributed by atoms with Crippen molar-refractivity contribution < 1.29 is 76.3 Å². The van der Waals surface area contributed by atoms with E-state index in [1.165, 1.54) is 42.5 Å². The minimum absolute atomic E-state index is 0.00463. The molecule has 0 aliphatic carbocycles. The molecule has 4 aliphatic rings. The molecule has 20 nitrogen and oxygen atoms in total. The summed E-state index contributed by atoms with van der Waals surface area (Å²) in [5.41, 5.74) is -0.241. The number of aliphatic imine (C=N–C) groups is 1. The second-order valence-electron chi connectivity index (χ2n) is 18.4. The zero-order valence-corrected chi connectivity index (χ0v) is 42.2. The van der Waals surface area contributed by atoms with E-state index in [0.29, 0.717) is 18.5 Å². The lowest BCUT2D eigenvalue weighted by Crippen LogP contribution is -2.45. The molecule has 3 fully saturated rings. The number of imide groups is 1. The number of likely N-dealkylation sites (N-methyl/N-ethyl adjacent to an activating group) is 1. The second-order valence-corrected chi connectivity index (χ2v) is 18.4. The molecule has 7 unspecified atom stereocenters. The molecular weight excluding hydrogens is 865 g/mol. The summed E-state index contributed by atoms with van der Waals surface area (Å²) < 4.78 is 33.2. The molecule has 66 heavy (non-hydrogen) atoms. The fourth-order valence-corrected chi connectivity index (χ4v) is 6.85. The van der Waals surface area contributed by atoms with Crippen LogP contribution in [0.15, 0.2) is 4.99 Å². The van der Waals surface area contributed by atoms with Gasteiger partial charge in [0.05, 0.1) is 47.9 Å². The Hall–Kier alpha value is -4.98. The zero-order valence-electron chi connectivity index (χ0n) is 42.2. The van der Waals surface area contributed by atoms with E-state index in [4.69, 9.17) is 9.47 Å². The molecule has 1 N–H and O–H groups in total. The quantitative estimate of drug-likeness (QED) is 0.230. The monoisotopic (exact) mass is 943 g/mol. The summed E-state index contributed by atoms with van der Waals surface area (Å²) in [4.78, 5) is 109. The van der Waals surface area contributed by atoms with Crippen LogP contribution < -0.4 is 5.32 Å². The summed E-state index contributed by atoms with van der Waals surface area (Å²) in [6, 6.07) is -0.162. The molecule has 0 aromatic heterocycles. The average molecular weight is 943 g/mol. The Labute approximate surface area is 390 Å². The number of carbonyl (C=O) groups excluding carboxylic acids is 9. The molecular formula is C46H78N4O16. The van der Waals surface area contributed by atoms with Gasteiger partial charge in [0, 0.05) is 30.6 Å². The van der Waals surface area contributed by atoms with Crippen molar-refractivity contribution in [3.63, 3.8) is 0 Å². The molecule has 0 saturated carbocycles. The molecule has 4 aliphatic heterocycles. The Balaban J connectivity index is 0.000000818. The molecule has 0 bridgehead atoms. The number of rotatable bonds is 10. The largest absolute Gasteiger partial charge is 0.469 e. The van der Waals surface area contributed by atoms with Gasteiger partial charge in [-0.3, -0.25) is 33.9 Å². The van der Waals surface area contributed by atoms with Crippen LogP contribution in [0.2, 0.25) is 0 Å². The van der Waals surface area contributed by atoms with Crippen molar-refractivity contribution in [1.29, 1.82) is 0 Å². The molecule has 4 heterocycles. The molecule has 2 amide bonds. The van der Waals surface area contributed by atoms with Crippen molar-refractivity contribution in [3.05, 3.63) is 0 Å². The number of likely N-dealkylation sites (tertiary alicyclic amines) is 2. The minimum atomic E-state index is -0.859. The lowest BCUT2D eigenvalue weighted by molar-refractivity contribution is -0.161. The highest BCUT2D eigenvalue weighted by Gasteiger charge is 2.43. The summed E-state index contributed by atoms with van der Waals surface area (Å²) in [5.74, 6) is -3.03. The topological polar surface area (TPSA) is 249 Å². The van der Waals surface area contributed by atoms with Crippen molar-refractivity contribution in [2.24, 2.45) is 10.9 Å². The van der Waals surface area contributed by atoms with Crippen LogP contribution in [0.5, 0.6) is 0 Å². The summed E-state index contributed by atoms with van der Waals surface area (Å²) in [5, 5.41) is 3.13. The molecule has 0 radical (unpaired) electrons. The molecule has 7 atom stereocenters. The Morgan fingerprint density at radius 1 is 0.697 bits per heavy atom. The van der Waals surface area contributed by atoms with Crippen molar-refractivity contribution in [1.82, 2.24) is 15.1 Å². The SMILES string of the molecule is COC(=O)C(CCC(C)=O)CC(=O)OC(C)(C)C.COC(=O)C1CCC(=O)N1C(=O)OC(C)(C)C.COC(=O)C1CCC(C)=N1.COC(=O)C1CCC(C)N1.COC(=O)C1CCC(C)N1C. The van der Waals surface area contributed by atoms with E-state index in [1.54, 1.807) is 41.5 Å². The summed E-state index contributed by atoms with van der Waals surface area (Å²) in [7, 11) is 8.72. The van der Waals surface area contributed by atoms with Gasteiger partial charge in [-0.2, -0.15) is 0 Å². The van der Waals surface area contributed by atoms with Crippen LogP contribution in [0.3, 0.4) is 0 Å². The first-order valence-corrected chi connectivity index (χ1v) is 22.2. The Kier molecular flexibility index (Phi) is 27.4. The number of carbonyl (C=O) groups is 9. The van der Waals surface area contributed by atoms with Crippen molar-refractivity contribution in [3.8, 4) is 0 Å². The summed E-state index contributed by atoms with van der Waals surface area (Å²) in [6.45, 7) is 17.9. The number of hydrogen-bond acceptors (Lipinski definition) is 19. The van der Waals surface area contributed by atoms with Gasteiger partial charge in [-0.05, 0) is 128 Å². The number of hydrogen-bond donors (Lipinski definition) is 1. The third-order valence-electron chi connectivity index (χ3n) is 10.5. The number of nitrogens with zero attached hydrogens (tertiary/aromatic N) is 3. The highest BCUT2D eigenvalue weighted by molar-refractivity contribution is 5.99. The number of ketones is 1. The maximum absolute atomic E-state index is 11.8. The van der Waals surface area contributed by atoms with Gasteiger partial charge in [0.2, 0.25) is 5.91 Å². The van der Waals surface area contributed by atoms with Gasteiger partial charge in [0.1, 0.15) is 41.2 Å². The molecule has 0 aromatic carbocycles. The Morgan fingerprint density at radius 3 is 1.65 bits per heavy atom. The Bertz CT molecular complexity index is 1670. The fraction of sp³-hybridized carbons (Fsp3) is 0.783. The lowest BCUT2D eigenvalue weighted by Gasteiger charge is -2.26. The normalized spacial score (nSPS) is 22.6. The predicted octanol–water partition coefficient (Wildman–Crippen LogP) is 4.69. The van der Waals surface area contributed by atoms with E-state index < -0.39 is 53.1 Å². The smallest absolute Gasteiger partial charge is 0.417 e. The van der Waals surface area contributed by atoms with Gasteiger partial charge in [0.15, 0.2) is 0 Å². The standard InChI is InChI=1S/C13H22O5.C11H17NO5.C8H15NO2.C7H13NO2.C7H11NO2/c1-9(14)6-7-10(12(16)17-5)8-11(15)18-13(2,3)4;1-11(2,3)17-10(15)12-7(9(14)16-4)5-6-8(12)13;1-6-4-5-7(9(6)2)8(10)11-3;2*1-5-3-4-6(8-5)7(9)10-2/h10H,6-8H2,1-5H3;7H,5-6H2,1-4H3;6-7H,4-5H2,1-3H3;5-6,8H,3-4H2,1-2H3;6H,3-4H2,1-2H3. The summed E-state index contributed by atoms with van der Waals surface area (Å²) >= 11 is 0. The molecule has 20 heteroatoms. The number of nitrogens with one attached hydrogen (secondary N) is 1. The summed E-state index contributed by atoms with van der Waals surface area (Å²) in [6.07, 6.45) is 5.90. The number of Topliss-reactive ketones (excluding diaryl/α,β-unsaturated/α-hetero) is 1. The average Bonchev–Trinajstić information content (AvgIpc) is 4.05. The second kappa shape index (κ2) is 29.6. The Morgan fingerprint density at radius 2 is 1.24 bits per heavy atom. The molecule has 378 valence electrons. The highest BCUT2D eigenvalue weighted by atomic mass is 16.6. The molecule has 3 saturated heterocycles. The van der Waals surface area contributed by atoms with E-state index in [2.05, 4.69) is 52.7 Å². The van der Waals surface area contributed by atoms with E-state index in [1.807, 2.05) is 14.0 Å². The van der Waals surface area contributed by atoms with Crippen LogP contribution in [0.25, 0.3) is 0 Å². The molecule has 0 spiro atoms. The number of amides is 2. The van der Waals surface area contributed by atoms with Crippen LogP contribution in [0.1, 0.15) is 140 Å². The van der Waals surface area contributed by atoms with Crippen LogP contribution >= 0.6 is 0 Å². The lowest BCUT2D eigenvalue weighted by atomic mass is 9.98. The van der Waals surface area contributed by atoms with E-state index in [-0.39, 0.29) is 67.5 Å². The minimum Gasteiger partial charge on any atom is -0.469 e. The van der Waals surface area contributed by atoms with E-state index in [0.717, 1.165) is 49.1 Å². The fourth-order valence-electron chi connectivity index (χ4n) is 6.85. The van der Waals surface area contributed by atoms with Crippen molar-refractivity contribution >= 4 is 59.3 Å². The first kappa shape index (κ1) is 61.0. The van der Waals surface area contributed by atoms with Crippen molar-refractivity contribution in [2.75, 3.05) is 42.6 Å². The zero-order chi connectivity index (χ0) is 51.1. The third kappa shape index (κ3) is 23.5. The third-order valence-corrected chi connectivity index (χ3v) is 10.5. The van der Waals surface area contributed by atoms with Crippen LogP contribution in [-0.4, -0.2) is 159 Å². The molecule has 0 aromatic rings. The van der Waals surface area contributed by atoms with Gasteiger partial charge in [0.25, 0.3) is 0 Å². The van der Waals surface area contributed by atoms with Gasteiger partial charge in [-0.15, -0.1) is 0 Å². The van der Waals surface area contributed by atoms with E-state index >= 15 is 0 Å². The number of ether oxygens (including phenoxy) is 7. The van der Waals surface area contributed by atoms with Gasteiger partial charge in [-0.1, -0.05) is 0 Å². The van der Waals surface area contributed by atoms with Crippen LogP contribution in [0.4, 0.5) is 4.79 Å². The van der Waals surface area contributed by atoms with E-state index in [9.17, 15) is 43.2 Å².